The van der Waals surface area contributed by atoms with Gasteiger partial charge in [-0.25, -0.2) is 0 Å². The van der Waals surface area contributed by atoms with Gasteiger partial charge in [-0.3, -0.25) is 0 Å². The average Bonchev–Trinajstić information content (AvgIpc) is 2.43. The van der Waals surface area contributed by atoms with E-state index < -0.39 is 0 Å². The summed E-state index contributed by atoms with van der Waals surface area (Å²) in [6.07, 6.45) is 1.20. The molecule has 112 valence electrons. The molecule has 1 fully saturated rings. The predicted octanol–water partition coefficient (Wildman–Crippen LogP) is 3.47. The maximum atomic E-state index is 3.65. The van der Waals surface area contributed by atoms with Crippen molar-refractivity contribution in [1.82, 2.24) is 10.2 Å². The molecule has 2 unspecified atom stereocenters. The second-order valence-corrected chi connectivity index (χ2v) is 7.34. The Morgan fingerprint density at radius 2 is 2.30 bits per heavy atom. The third-order valence-corrected chi connectivity index (χ3v) is 5.09. The van der Waals surface area contributed by atoms with Crippen molar-refractivity contribution in [1.29, 1.82) is 0 Å². The van der Waals surface area contributed by atoms with E-state index in [2.05, 4.69) is 67.0 Å². The molecule has 1 aliphatic heterocycles. The fraction of sp³-hybridized carbons (Fsp3) is 0.647. The lowest BCUT2D eigenvalue weighted by atomic mass is 10.0. The van der Waals surface area contributed by atoms with Gasteiger partial charge in [0, 0.05) is 36.7 Å². The lowest BCUT2D eigenvalue weighted by Gasteiger charge is -2.32. The molecule has 0 amide bonds. The van der Waals surface area contributed by atoms with E-state index in [9.17, 15) is 0 Å². The molecule has 2 atom stereocenters. The maximum Gasteiger partial charge on any atom is 0.0332 e. The van der Waals surface area contributed by atoms with Gasteiger partial charge in [0.2, 0.25) is 0 Å². The van der Waals surface area contributed by atoms with Gasteiger partial charge in [-0.05, 0) is 25.5 Å². The first-order valence-electron chi connectivity index (χ1n) is 7.83. The van der Waals surface area contributed by atoms with Gasteiger partial charge >= 0.3 is 0 Å². The van der Waals surface area contributed by atoms with Crippen LogP contribution in [0.25, 0.3) is 0 Å². The second-order valence-electron chi connectivity index (χ2n) is 5.80. The Morgan fingerprint density at radius 1 is 1.45 bits per heavy atom. The van der Waals surface area contributed by atoms with Gasteiger partial charge in [-0.2, -0.15) is 11.8 Å². The van der Waals surface area contributed by atoms with E-state index in [1.807, 2.05) is 0 Å². The average molecular weight is 292 g/mol. The van der Waals surface area contributed by atoms with Crippen LogP contribution in [-0.2, 0) is 0 Å². The van der Waals surface area contributed by atoms with Crippen molar-refractivity contribution in [3.63, 3.8) is 0 Å². The van der Waals surface area contributed by atoms with Crippen LogP contribution < -0.4 is 5.32 Å². The molecule has 0 saturated carbocycles. The van der Waals surface area contributed by atoms with E-state index in [1.54, 1.807) is 0 Å². The first kappa shape index (κ1) is 15.9. The van der Waals surface area contributed by atoms with Crippen LogP contribution in [0, 0.1) is 6.92 Å². The number of nitrogens with zero attached hydrogens (tertiary/aromatic N) is 1. The summed E-state index contributed by atoms with van der Waals surface area (Å²) in [5, 5.41) is 4.44. The summed E-state index contributed by atoms with van der Waals surface area (Å²) in [7, 11) is 0. The quantitative estimate of drug-likeness (QED) is 0.864. The summed E-state index contributed by atoms with van der Waals surface area (Å²) in [5.41, 5.74) is 2.79. The van der Waals surface area contributed by atoms with Crippen molar-refractivity contribution in [2.45, 2.75) is 38.5 Å². The zero-order valence-corrected chi connectivity index (χ0v) is 13.9. The molecular weight excluding hydrogens is 264 g/mol. The van der Waals surface area contributed by atoms with Gasteiger partial charge in [0.25, 0.3) is 0 Å². The Hall–Kier alpha value is -0.510. The third kappa shape index (κ3) is 4.80. The highest BCUT2D eigenvalue weighted by Crippen LogP contribution is 2.21. The number of hydrogen-bond acceptors (Lipinski definition) is 3. The molecule has 0 aromatic heterocycles. The SMILES string of the molecule is CCNC(CCN1CCSC(C)C1)c1cccc(C)c1. The van der Waals surface area contributed by atoms with Crippen LogP contribution in [0.4, 0.5) is 0 Å². The van der Waals surface area contributed by atoms with E-state index in [4.69, 9.17) is 0 Å². The van der Waals surface area contributed by atoms with Crippen LogP contribution in [0.5, 0.6) is 0 Å². The Labute approximate surface area is 128 Å². The summed E-state index contributed by atoms with van der Waals surface area (Å²) >= 11 is 2.11. The molecule has 1 N–H and O–H groups in total. The van der Waals surface area contributed by atoms with Crippen LogP contribution in [0.1, 0.15) is 37.4 Å². The van der Waals surface area contributed by atoms with Gasteiger partial charge < -0.3 is 10.2 Å². The minimum Gasteiger partial charge on any atom is -0.310 e. The van der Waals surface area contributed by atoms with Crippen molar-refractivity contribution in [2.24, 2.45) is 0 Å². The van der Waals surface area contributed by atoms with Crippen molar-refractivity contribution in [2.75, 3.05) is 31.9 Å². The lowest BCUT2D eigenvalue weighted by molar-refractivity contribution is 0.268. The molecule has 1 aliphatic rings. The molecule has 0 radical (unpaired) electrons. The van der Waals surface area contributed by atoms with Crippen LogP contribution in [0.3, 0.4) is 0 Å². The highest BCUT2D eigenvalue weighted by molar-refractivity contribution is 7.99. The van der Waals surface area contributed by atoms with Crippen molar-refractivity contribution in [3.05, 3.63) is 35.4 Å². The van der Waals surface area contributed by atoms with E-state index in [-0.39, 0.29) is 0 Å². The molecule has 1 aromatic rings. The molecule has 1 saturated heterocycles. The zero-order valence-electron chi connectivity index (χ0n) is 13.1. The molecule has 1 heterocycles. The van der Waals surface area contributed by atoms with E-state index in [0.717, 1.165) is 11.8 Å². The van der Waals surface area contributed by atoms with Gasteiger partial charge in [-0.15, -0.1) is 0 Å². The summed E-state index contributed by atoms with van der Waals surface area (Å²) in [6.45, 7) is 11.5. The van der Waals surface area contributed by atoms with Crippen molar-refractivity contribution < 1.29 is 0 Å². The standard InChI is InChI=1S/C17H28N2S/c1-4-18-17(16-7-5-6-14(2)12-16)8-9-19-10-11-20-15(3)13-19/h5-7,12,15,17-18H,4,8-11,13H2,1-3H3. The third-order valence-electron chi connectivity index (χ3n) is 3.95. The largest absolute Gasteiger partial charge is 0.310 e. The van der Waals surface area contributed by atoms with Crippen molar-refractivity contribution in [3.8, 4) is 0 Å². The van der Waals surface area contributed by atoms with Crippen LogP contribution in [-0.4, -0.2) is 42.1 Å². The second kappa shape index (κ2) is 8.06. The summed E-state index contributed by atoms with van der Waals surface area (Å²) < 4.78 is 0. The van der Waals surface area contributed by atoms with Crippen LogP contribution >= 0.6 is 11.8 Å². The number of hydrogen-bond donors (Lipinski definition) is 1. The summed E-state index contributed by atoms with van der Waals surface area (Å²) in [4.78, 5) is 2.63. The molecule has 0 aliphatic carbocycles. The first-order valence-corrected chi connectivity index (χ1v) is 8.88. The Kier molecular flexibility index (Phi) is 6.40. The monoisotopic (exact) mass is 292 g/mol. The smallest absolute Gasteiger partial charge is 0.0332 e. The highest BCUT2D eigenvalue weighted by Gasteiger charge is 2.18. The molecule has 1 aromatic carbocycles. The molecule has 2 nitrogen and oxygen atoms in total. The minimum atomic E-state index is 0.491. The fourth-order valence-corrected chi connectivity index (χ4v) is 4.01. The molecule has 0 bridgehead atoms. The molecule has 3 heteroatoms. The maximum absolute atomic E-state index is 3.65. The van der Waals surface area contributed by atoms with Gasteiger partial charge in [0.05, 0.1) is 0 Å². The number of thioether (sulfide) groups is 1. The predicted molar refractivity (Wildman–Crippen MR) is 90.6 cm³/mol. The van der Waals surface area contributed by atoms with E-state index >= 15 is 0 Å². The number of benzene rings is 1. The highest BCUT2D eigenvalue weighted by atomic mass is 32.2. The number of rotatable bonds is 6. The van der Waals surface area contributed by atoms with E-state index in [1.165, 1.54) is 42.9 Å². The van der Waals surface area contributed by atoms with Gasteiger partial charge in [-0.1, -0.05) is 43.7 Å². The van der Waals surface area contributed by atoms with Crippen molar-refractivity contribution >= 4 is 11.8 Å². The van der Waals surface area contributed by atoms with Gasteiger partial charge in [0.1, 0.15) is 0 Å². The zero-order chi connectivity index (χ0) is 14.4. The Morgan fingerprint density at radius 3 is 3.00 bits per heavy atom. The van der Waals surface area contributed by atoms with E-state index in [0.29, 0.717) is 6.04 Å². The Balaban J connectivity index is 1.92. The molecule has 0 spiro atoms. The first-order chi connectivity index (χ1) is 9.69. The molecule has 20 heavy (non-hydrogen) atoms. The minimum absolute atomic E-state index is 0.491. The summed E-state index contributed by atoms with van der Waals surface area (Å²) in [6, 6.07) is 9.42. The molecule has 2 rings (SSSR count). The molecular formula is C17H28N2S. The van der Waals surface area contributed by atoms with Gasteiger partial charge in [0.15, 0.2) is 0 Å². The summed E-state index contributed by atoms with van der Waals surface area (Å²) in [5.74, 6) is 1.29. The van der Waals surface area contributed by atoms with Crippen LogP contribution in [0.2, 0.25) is 0 Å². The number of aryl methyl sites for hydroxylation is 1. The number of nitrogens with one attached hydrogen (secondary N) is 1. The fourth-order valence-electron chi connectivity index (χ4n) is 2.93. The lowest BCUT2D eigenvalue weighted by Crippen LogP contribution is -2.38. The normalized spacial score (nSPS) is 21.9. The topological polar surface area (TPSA) is 15.3 Å². The van der Waals surface area contributed by atoms with Crippen LogP contribution in [0.15, 0.2) is 24.3 Å². The Bertz CT molecular complexity index is 408.